The van der Waals surface area contributed by atoms with Crippen molar-refractivity contribution in [2.75, 3.05) is 5.32 Å². The highest BCUT2D eigenvalue weighted by Gasteiger charge is 2.31. The number of hydrogen-bond acceptors (Lipinski definition) is 2. The van der Waals surface area contributed by atoms with Gasteiger partial charge in [-0.1, -0.05) is 29.8 Å². The van der Waals surface area contributed by atoms with Crippen molar-refractivity contribution in [2.45, 2.75) is 12.7 Å². The summed E-state index contributed by atoms with van der Waals surface area (Å²) in [5, 5.41) is 2.34. The zero-order valence-corrected chi connectivity index (χ0v) is 10.8. The number of rotatable bonds is 3. The molecule has 2 nitrogen and oxygen atoms in total. The van der Waals surface area contributed by atoms with Crippen LogP contribution in [0.5, 0.6) is 0 Å². The first-order valence-electron chi connectivity index (χ1n) is 5.58. The van der Waals surface area contributed by atoms with E-state index >= 15 is 0 Å². The monoisotopic (exact) mass is 304 g/mol. The number of alkyl halides is 3. The summed E-state index contributed by atoms with van der Waals surface area (Å²) in [5.41, 5.74) is -0.587. The lowest BCUT2D eigenvalue weighted by Gasteiger charge is -2.11. The fourth-order valence-corrected chi connectivity index (χ4v) is 1.79. The Morgan fingerprint density at radius 3 is 2.50 bits per heavy atom. The van der Waals surface area contributed by atoms with E-state index in [0.717, 1.165) is 12.1 Å². The number of nitrogens with zero attached hydrogens (tertiary/aromatic N) is 1. The number of anilines is 1. The number of pyridine rings is 1. The molecule has 106 valence electrons. The summed E-state index contributed by atoms with van der Waals surface area (Å²) in [6.07, 6.45) is -4.51. The van der Waals surface area contributed by atoms with E-state index in [1.54, 1.807) is 6.07 Å². The molecule has 0 aliphatic heterocycles. The second kappa shape index (κ2) is 5.66. The summed E-state index contributed by atoms with van der Waals surface area (Å²) in [6.45, 7) is 0.0112. The van der Waals surface area contributed by atoms with Crippen LogP contribution in [-0.2, 0) is 12.7 Å². The molecule has 0 amide bonds. The zero-order valence-electron chi connectivity index (χ0n) is 10.0. The molecule has 1 aromatic carbocycles. The van der Waals surface area contributed by atoms with E-state index < -0.39 is 17.6 Å². The molecule has 0 aliphatic rings. The molecule has 0 bridgehead atoms. The summed E-state index contributed by atoms with van der Waals surface area (Å²) in [6, 6.07) is 7.51. The van der Waals surface area contributed by atoms with Crippen molar-refractivity contribution in [1.29, 1.82) is 0 Å². The third kappa shape index (κ3) is 3.60. The van der Waals surface area contributed by atoms with Gasteiger partial charge < -0.3 is 5.32 Å². The quantitative estimate of drug-likeness (QED) is 0.667. The highest BCUT2D eigenvalue weighted by molar-refractivity contribution is 6.29. The van der Waals surface area contributed by atoms with Gasteiger partial charge in [-0.05, 0) is 18.2 Å². The summed E-state index contributed by atoms with van der Waals surface area (Å²) >= 11 is 5.54. The summed E-state index contributed by atoms with van der Waals surface area (Å²) < 4.78 is 51.2. The maximum atomic E-state index is 13.4. The Kier molecular flexibility index (Phi) is 4.13. The summed E-state index contributed by atoms with van der Waals surface area (Å²) in [7, 11) is 0. The lowest BCUT2D eigenvalue weighted by molar-refractivity contribution is -0.137. The van der Waals surface area contributed by atoms with E-state index in [1.165, 1.54) is 18.2 Å². The van der Waals surface area contributed by atoms with Gasteiger partial charge in [-0.25, -0.2) is 9.37 Å². The van der Waals surface area contributed by atoms with Crippen LogP contribution >= 0.6 is 11.6 Å². The van der Waals surface area contributed by atoms with E-state index in [0.29, 0.717) is 5.56 Å². The van der Waals surface area contributed by atoms with Gasteiger partial charge in [0.2, 0.25) is 0 Å². The van der Waals surface area contributed by atoms with Crippen LogP contribution in [0, 0.1) is 5.82 Å². The van der Waals surface area contributed by atoms with Gasteiger partial charge in [0.25, 0.3) is 0 Å². The van der Waals surface area contributed by atoms with Crippen molar-refractivity contribution >= 4 is 17.4 Å². The Morgan fingerprint density at radius 2 is 1.85 bits per heavy atom. The fourth-order valence-electron chi connectivity index (χ4n) is 1.58. The second-order valence-electron chi connectivity index (χ2n) is 4.01. The molecule has 0 spiro atoms. The Labute approximate surface area is 117 Å². The van der Waals surface area contributed by atoms with Crippen molar-refractivity contribution in [3.8, 4) is 0 Å². The topological polar surface area (TPSA) is 24.9 Å². The van der Waals surface area contributed by atoms with Gasteiger partial charge in [0.15, 0.2) is 0 Å². The highest BCUT2D eigenvalue weighted by atomic mass is 35.5. The van der Waals surface area contributed by atoms with Crippen LogP contribution < -0.4 is 5.32 Å². The molecule has 0 aliphatic carbocycles. The SMILES string of the molecule is Fc1ccccc1CNc1cc(C(F)(F)F)cc(Cl)n1. The van der Waals surface area contributed by atoms with Gasteiger partial charge in [0, 0.05) is 12.1 Å². The van der Waals surface area contributed by atoms with Crippen LogP contribution in [0.25, 0.3) is 0 Å². The third-order valence-corrected chi connectivity index (χ3v) is 2.73. The highest BCUT2D eigenvalue weighted by Crippen LogP contribution is 2.32. The Hall–Kier alpha value is -1.82. The first-order valence-corrected chi connectivity index (χ1v) is 5.96. The van der Waals surface area contributed by atoms with Gasteiger partial charge in [-0.15, -0.1) is 0 Å². The number of halogens is 5. The molecule has 0 unspecified atom stereocenters. The van der Waals surface area contributed by atoms with Gasteiger partial charge in [-0.2, -0.15) is 13.2 Å². The number of aromatic nitrogens is 1. The predicted molar refractivity (Wildman–Crippen MR) is 68.0 cm³/mol. The maximum Gasteiger partial charge on any atom is 0.416 e. The molecule has 1 heterocycles. The molecule has 20 heavy (non-hydrogen) atoms. The van der Waals surface area contributed by atoms with Crippen LogP contribution in [-0.4, -0.2) is 4.98 Å². The van der Waals surface area contributed by atoms with Crippen LogP contribution in [0.1, 0.15) is 11.1 Å². The molecule has 0 radical (unpaired) electrons. The number of benzene rings is 1. The second-order valence-corrected chi connectivity index (χ2v) is 4.39. The average Bonchev–Trinajstić information content (AvgIpc) is 2.36. The number of hydrogen-bond donors (Lipinski definition) is 1. The molecule has 0 saturated heterocycles. The van der Waals surface area contributed by atoms with E-state index in [-0.39, 0.29) is 17.5 Å². The first-order chi connectivity index (χ1) is 9.36. The van der Waals surface area contributed by atoms with Crippen LogP contribution in [0.15, 0.2) is 36.4 Å². The lowest BCUT2D eigenvalue weighted by Crippen LogP contribution is -2.08. The molecule has 2 rings (SSSR count). The molecule has 1 aromatic heterocycles. The summed E-state index contributed by atoms with van der Waals surface area (Å²) in [5.74, 6) is -0.508. The maximum absolute atomic E-state index is 13.4. The largest absolute Gasteiger partial charge is 0.416 e. The van der Waals surface area contributed by atoms with Crippen molar-refractivity contribution in [3.05, 3.63) is 58.5 Å². The first kappa shape index (κ1) is 14.6. The van der Waals surface area contributed by atoms with Gasteiger partial charge in [0.05, 0.1) is 5.56 Å². The minimum absolute atomic E-state index is 0.0112. The molecular formula is C13H9ClF4N2. The van der Waals surface area contributed by atoms with E-state index in [2.05, 4.69) is 10.3 Å². The minimum Gasteiger partial charge on any atom is -0.366 e. The van der Waals surface area contributed by atoms with Crippen molar-refractivity contribution < 1.29 is 17.6 Å². The van der Waals surface area contributed by atoms with Gasteiger partial charge >= 0.3 is 6.18 Å². The predicted octanol–water partition coefficient (Wildman–Crippen LogP) is 4.51. The normalized spacial score (nSPS) is 11.4. The Bertz CT molecular complexity index is 614. The fraction of sp³-hybridized carbons (Fsp3) is 0.154. The van der Waals surface area contributed by atoms with E-state index in [1.807, 2.05) is 0 Å². The lowest BCUT2D eigenvalue weighted by atomic mass is 10.2. The molecule has 0 saturated carbocycles. The van der Waals surface area contributed by atoms with Crippen molar-refractivity contribution in [1.82, 2.24) is 4.98 Å². The Morgan fingerprint density at radius 1 is 1.15 bits per heavy atom. The standard InChI is InChI=1S/C13H9ClF4N2/c14-11-5-9(13(16,17)18)6-12(20-11)19-7-8-3-1-2-4-10(8)15/h1-6H,7H2,(H,19,20). The number of nitrogens with one attached hydrogen (secondary N) is 1. The zero-order chi connectivity index (χ0) is 14.8. The average molecular weight is 305 g/mol. The summed E-state index contributed by atoms with van der Waals surface area (Å²) in [4.78, 5) is 3.72. The van der Waals surface area contributed by atoms with Crippen molar-refractivity contribution in [2.24, 2.45) is 0 Å². The molecule has 1 N–H and O–H groups in total. The van der Waals surface area contributed by atoms with Gasteiger partial charge in [0.1, 0.15) is 16.8 Å². The van der Waals surface area contributed by atoms with Crippen LogP contribution in [0.2, 0.25) is 5.15 Å². The van der Waals surface area contributed by atoms with Crippen LogP contribution in [0.3, 0.4) is 0 Å². The van der Waals surface area contributed by atoms with E-state index in [9.17, 15) is 17.6 Å². The molecule has 7 heteroatoms. The Balaban J connectivity index is 2.18. The molecule has 0 atom stereocenters. The smallest absolute Gasteiger partial charge is 0.366 e. The van der Waals surface area contributed by atoms with Crippen molar-refractivity contribution in [3.63, 3.8) is 0 Å². The molecule has 0 fully saturated rings. The van der Waals surface area contributed by atoms with Gasteiger partial charge in [-0.3, -0.25) is 0 Å². The van der Waals surface area contributed by atoms with Crippen LogP contribution in [0.4, 0.5) is 23.4 Å². The molecule has 2 aromatic rings. The van der Waals surface area contributed by atoms with E-state index in [4.69, 9.17) is 11.6 Å². The molecular weight excluding hydrogens is 296 g/mol. The third-order valence-electron chi connectivity index (χ3n) is 2.54. The minimum atomic E-state index is -4.51.